The molecule has 10 heteroatoms. The third-order valence-corrected chi connectivity index (χ3v) is 9.79. The molecule has 8 rings (SSSR count). The molecule has 0 aliphatic heterocycles. The van der Waals surface area contributed by atoms with Gasteiger partial charge < -0.3 is 20.1 Å². The van der Waals surface area contributed by atoms with Crippen LogP contribution in [0, 0.1) is 17.3 Å². The Bertz CT molecular complexity index is 1530. The summed E-state index contributed by atoms with van der Waals surface area (Å²) in [6.45, 7) is -0.138. The molecule has 3 N–H and O–H groups in total. The van der Waals surface area contributed by atoms with E-state index >= 15 is 0 Å². The predicted molar refractivity (Wildman–Crippen MR) is 142 cm³/mol. The quantitative estimate of drug-likeness (QED) is 0.347. The van der Waals surface area contributed by atoms with E-state index in [1.54, 1.807) is 18.2 Å². The van der Waals surface area contributed by atoms with Gasteiger partial charge in [-0.3, -0.25) is 9.48 Å². The number of nitrogens with zero attached hydrogens (tertiary/aromatic N) is 2. The van der Waals surface area contributed by atoms with E-state index in [4.69, 9.17) is 4.74 Å². The first-order valence-corrected chi connectivity index (χ1v) is 14.1. The number of carbonyl (C=O) groups is 1. The highest BCUT2D eigenvalue weighted by molar-refractivity contribution is 5.93. The van der Waals surface area contributed by atoms with Gasteiger partial charge in [-0.2, -0.15) is 18.3 Å². The summed E-state index contributed by atoms with van der Waals surface area (Å²) in [5.41, 5.74) is -3.23. The number of aliphatic hydroxyl groups is 2. The van der Waals surface area contributed by atoms with Crippen molar-refractivity contribution >= 4 is 5.97 Å². The third kappa shape index (κ3) is 4.17. The minimum absolute atomic E-state index is 0.0285. The molecule has 0 spiro atoms. The summed E-state index contributed by atoms with van der Waals surface area (Å²) < 4.78 is 51.3. The molecular weight excluding hydrogens is 537 g/mol. The highest BCUT2D eigenvalue weighted by atomic mass is 19.4. The molecule has 216 valence electrons. The number of benzene rings is 2. The van der Waals surface area contributed by atoms with Gasteiger partial charge in [-0.15, -0.1) is 0 Å². The molecular formula is C31H31F3N2O5. The van der Waals surface area contributed by atoms with E-state index in [-0.39, 0.29) is 40.0 Å². The van der Waals surface area contributed by atoms with E-state index in [2.05, 4.69) is 5.10 Å². The molecule has 7 nitrogen and oxygen atoms in total. The molecule has 1 aromatic heterocycles. The van der Waals surface area contributed by atoms with Crippen molar-refractivity contribution in [1.82, 2.24) is 9.78 Å². The van der Waals surface area contributed by atoms with Crippen LogP contribution in [0.5, 0.6) is 5.75 Å². The molecule has 3 unspecified atom stereocenters. The van der Waals surface area contributed by atoms with Gasteiger partial charge in [0.1, 0.15) is 12.3 Å². The van der Waals surface area contributed by atoms with Crippen molar-refractivity contribution in [3.8, 4) is 28.0 Å². The zero-order valence-corrected chi connectivity index (χ0v) is 22.3. The fourth-order valence-electron chi connectivity index (χ4n) is 8.78. The molecule has 4 saturated carbocycles. The first-order valence-electron chi connectivity index (χ1n) is 14.1. The van der Waals surface area contributed by atoms with Crippen molar-refractivity contribution in [2.45, 2.75) is 68.9 Å². The minimum atomic E-state index is -5.01. The van der Waals surface area contributed by atoms with Crippen LogP contribution in [0.2, 0.25) is 0 Å². The Kier molecular flexibility index (Phi) is 5.70. The molecule has 0 amide bonds. The largest absolute Gasteiger partial charge is 0.494 e. The van der Waals surface area contributed by atoms with E-state index < -0.39 is 29.9 Å². The fourth-order valence-corrected chi connectivity index (χ4v) is 8.78. The van der Waals surface area contributed by atoms with Crippen molar-refractivity contribution in [1.29, 1.82) is 0 Å². The highest BCUT2D eigenvalue weighted by Gasteiger charge is 2.61. The summed E-state index contributed by atoms with van der Waals surface area (Å²) in [5, 5.41) is 35.7. The molecule has 4 bridgehead atoms. The normalized spacial score (nSPS) is 31.2. The van der Waals surface area contributed by atoms with Gasteiger partial charge >= 0.3 is 12.1 Å². The van der Waals surface area contributed by atoms with E-state index in [0.29, 0.717) is 29.4 Å². The number of ether oxygens (including phenoxy) is 1. The summed E-state index contributed by atoms with van der Waals surface area (Å²) in [5.74, 6) is 0.0997. The summed E-state index contributed by atoms with van der Waals surface area (Å²) in [4.78, 5) is 11.2. The van der Waals surface area contributed by atoms with Crippen LogP contribution in [0.4, 0.5) is 13.2 Å². The molecule has 0 radical (unpaired) electrons. The second-order valence-corrected chi connectivity index (χ2v) is 12.8. The molecule has 41 heavy (non-hydrogen) atoms. The van der Waals surface area contributed by atoms with Crippen molar-refractivity contribution in [2.75, 3.05) is 6.61 Å². The van der Waals surface area contributed by atoms with Gasteiger partial charge in [-0.05, 0) is 91.0 Å². The number of aromatic nitrogens is 2. The molecule has 3 aromatic rings. The number of hydrogen-bond donors (Lipinski definition) is 3. The van der Waals surface area contributed by atoms with Crippen LogP contribution in [-0.2, 0) is 16.9 Å². The lowest BCUT2D eigenvalue weighted by Crippen LogP contribution is -2.55. The first kappa shape index (κ1) is 26.5. The zero-order valence-electron chi connectivity index (χ0n) is 22.3. The van der Waals surface area contributed by atoms with E-state index in [1.165, 1.54) is 35.3 Å². The fraction of sp³-hybridized carbons (Fsp3) is 0.484. The van der Waals surface area contributed by atoms with Gasteiger partial charge in [0.05, 0.1) is 18.4 Å². The lowest BCUT2D eigenvalue weighted by atomic mass is 9.47. The molecule has 1 heterocycles. The maximum absolute atomic E-state index is 14.6. The maximum Gasteiger partial charge on any atom is 0.425 e. The first-order chi connectivity index (χ1) is 19.4. The van der Waals surface area contributed by atoms with E-state index in [0.717, 1.165) is 38.5 Å². The Morgan fingerprint density at radius 2 is 1.78 bits per heavy atom. The molecule has 4 fully saturated rings. The van der Waals surface area contributed by atoms with Crippen LogP contribution in [-0.4, -0.2) is 49.5 Å². The minimum Gasteiger partial charge on any atom is -0.494 e. The second-order valence-electron chi connectivity index (χ2n) is 12.8. The standard InChI is InChI=1S/C31H31F3N2O5/c32-31(33,34)30(40)24-4-2-1-3-22(24)27-23(20-14-35-36(15-20)16-26(37)38)8-21(9-25(27)30)41-6-5-28-10-18-7-19(11-28)13-29(39,12-18)17-28/h1-4,8-9,14-15,18-19,39-40H,5-7,10-13,16-17H2,(H,37,38). The number of carboxylic acid groups (broad SMARTS) is 1. The molecule has 0 saturated heterocycles. The van der Waals surface area contributed by atoms with Gasteiger partial charge in [0.25, 0.3) is 0 Å². The van der Waals surface area contributed by atoms with Crippen LogP contribution in [0.25, 0.3) is 22.3 Å². The SMILES string of the molecule is O=C(O)Cn1cc(-c2cc(OCCC34CC5CC(CC(O)(C5)C3)C4)cc3c2-c2ccccc2C3(O)C(F)(F)F)cn1. The van der Waals surface area contributed by atoms with Crippen LogP contribution in [0.3, 0.4) is 0 Å². The van der Waals surface area contributed by atoms with Gasteiger partial charge in [0, 0.05) is 22.9 Å². The molecule has 3 atom stereocenters. The number of hydrogen-bond acceptors (Lipinski definition) is 5. The van der Waals surface area contributed by atoms with Crippen LogP contribution < -0.4 is 4.74 Å². The summed E-state index contributed by atoms with van der Waals surface area (Å²) in [7, 11) is 0. The summed E-state index contributed by atoms with van der Waals surface area (Å²) in [6, 6.07) is 8.82. The lowest BCUT2D eigenvalue weighted by molar-refractivity contribution is -0.246. The van der Waals surface area contributed by atoms with Crippen molar-refractivity contribution < 1.29 is 38.0 Å². The van der Waals surface area contributed by atoms with Gasteiger partial charge in [-0.25, -0.2) is 0 Å². The zero-order chi connectivity index (χ0) is 28.8. The Labute approximate surface area is 234 Å². The van der Waals surface area contributed by atoms with Crippen molar-refractivity contribution in [3.63, 3.8) is 0 Å². The Morgan fingerprint density at radius 1 is 1.05 bits per heavy atom. The van der Waals surface area contributed by atoms with Crippen LogP contribution in [0.15, 0.2) is 48.8 Å². The topological polar surface area (TPSA) is 105 Å². The average molecular weight is 569 g/mol. The maximum atomic E-state index is 14.6. The molecule has 5 aliphatic carbocycles. The molecule has 2 aromatic carbocycles. The van der Waals surface area contributed by atoms with Crippen LogP contribution in [0.1, 0.15) is 56.1 Å². The number of rotatable bonds is 7. The average Bonchev–Trinajstić information content (AvgIpc) is 3.43. The number of alkyl halides is 3. The smallest absolute Gasteiger partial charge is 0.425 e. The number of aliphatic carboxylic acids is 1. The second kappa shape index (κ2) is 8.82. The van der Waals surface area contributed by atoms with Crippen molar-refractivity contribution in [3.05, 3.63) is 59.9 Å². The Balaban J connectivity index is 1.27. The van der Waals surface area contributed by atoms with Gasteiger partial charge in [-0.1, -0.05) is 24.3 Å². The number of carboxylic acids is 1. The van der Waals surface area contributed by atoms with Crippen molar-refractivity contribution in [2.24, 2.45) is 17.3 Å². The monoisotopic (exact) mass is 568 g/mol. The highest BCUT2D eigenvalue weighted by Crippen LogP contribution is 2.63. The lowest BCUT2D eigenvalue weighted by Gasteiger charge is -2.60. The Hall–Kier alpha value is -3.37. The van der Waals surface area contributed by atoms with E-state index in [1.807, 2.05) is 0 Å². The number of halogens is 3. The molecule has 5 aliphatic rings. The summed E-state index contributed by atoms with van der Waals surface area (Å²) in [6.07, 6.45) is 4.24. The summed E-state index contributed by atoms with van der Waals surface area (Å²) >= 11 is 0. The number of fused-ring (bicyclic) bond motifs is 3. The van der Waals surface area contributed by atoms with Gasteiger partial charge in [0.15, 0.2) is 0 Å². The Morgan fingerprint density at radius 3 is 2.46 bits per heavy atom. The predicted octanol–water partition coefficient (Wildman–Crippen LogP) is 5.51. The van der Waals surface area contributed by atoms with E-state index in [9.17, 15) is 33.3 Å². The third-order valence-electron chi connectivity index (χ3n) is 9.79. The van der Waals surface area contributed by atoms with Gasteiger partial charge in [0.2, 0.25) is 5.60 Å². The van der Waals surface area contributed by atoms with Crippen LogP contribution >= 0.6 is 0 Å².